The maximum Gasteiger partial charge on any atom is 0.451 e. The summed E-state index contributed by atoms with van der Waals surface area (Å²) in [5.74, 6) is -1.01. The van der Waals surface area contributed by atoms with E-state index in [1.54, 1.807) is 24.3 Å². The summed E-state index contributed by atoms with van der Waals surface area (Å²) in [7, 11) is 0. The standard InChI is InChI=1S/C11H6BrF3N2O/c12-7-3-1-2-4-8(7)18-9-5-6-16-10(17-9)11(13,14)15/h1-6H. The van der Waals surface area contributed by atoms with Crippen molar-refractivity contribution in [1.29, 1.82) is 0 Å². The Labute approximate surface area is 109 Å². The number of nitrogens with zero attached hydrogens (tertiary/aromatic N) is 2. The second-order valence-electron chi connectivity index (χ2n) is 3.25. The maximum absolute atomic E-state index is 12.4. The van der Waals surface area contributed by atoms with Gasteiger partial charge in [-0.3, -0.25) is 0 Å². The number of halogens is 4. The highest BCUT2D eigenvalue weighted by Crippen LogP contribution is 2.30. The molecule has 0 aliphatic heterocycles. The highest BCUT2D eigenvalue weighted by Gasteiger charge is 2.34. The second-order valence-corrected chi connectivity index (χ2v) is 4.10. The Hall–Kier alpha value is -1.63. The molecule has 0 aliphatic rings. The molecule has 0 saturated carbocycles. The number of benzene rings is 1. The number of rotatable bonds is 2. The minimum Gasteiger partial charge on any atom is -0.438 e. The van der Waals surface area contributed by atoms with Crippen LogP contribution in [0.2, 0.25) is 0 Å². The van der Waals surface area contributed by atoms with Gasteiger partial charge in [0, 0.05) is 12.3 Å². The van der Waals surface area contributed by atoms with Crippen LogP contribution in [0.15, 0.2) is 41.0 Å². The zero-order chi connectivity index (χ0) is 13.2. The van der Waals surface area contributed by atoms with Crippen LogP contribution < -0.4 is 4.74 Å². The lowest BCUT2D eigenvalue weighted by Crippen LogP contribution is -2.10. The molecule has 0 N–H and O–H groups in total. The summed E-state index contributed by atoms with van der Waals surface area (Å²) in [4.78, 5) is 6.45. The highest BCUT2D eigenvalue weighted by atomic mass is 79.9. The van der Waals surface area contributed by atoms with E-state index in [-0.39, 0.29) is 5.88 Å². The molecule has 0 saturated heterocycles. The fourth-order valence-corrected chi connectivity index (χ4v) is 1.54. The number of alkyl halides is 3. The summed E-state index contributed by atoms with van der Waals surface area (Å²) in [5, 5.41) is 0. The van der Waals surface area contributed by atoms with E-state index in [0.717, 1.165) is 6.20 Å². The SMILES string of the molecule is FC(F)(F)c1nccc(Oc2ccccc2Br)n1. The first kappa shape index (κ1) is 12.8. The van der Waals surface area contributed by atoms with Crippen molar-refractivity contribution in [3.8, 4) is 11.6 Å². The van der Waals surface area contributed by atoms with Crippen LogP contribution in [0.25, 0.3) is 0 Å². The molecular formula is C11H6BrF3N2O. The maximum atomic E-state index is 12.4. The number of para-hydroxylation sites is 1. The normalized spacial score (nSPS) is 11.3. The third-order valence-corrected chi connectivity index (χ3v) is 2.59. The van der Waals surface area contributed by atoms with Crippen LogP contribution in [0.5, 0.6) is 11.6 Å². The van der Waals surface area contributed by atoms with Crippen LogP contribution in [0.3, 0.4) is 0 Å². The molecule has 2 aromatic rings. The summed E-state index contributed by atoms with van der Waals surface area (Å²) in [5.41, 5.74) is 0. The van der Waals surface area contributed by atoms with E-state index < -0.39 is 12.0 Å². The van der Waals surface area contributed by atoms with Gasteiger partial charge in [0.25, 0.3) is 0 Å². The highest BCUT2D eigenvalue weighted by molar-refractivity contribution is 9.10. The molecule has 1 aromatic heterocycles. The first-order chi connectivity index (χ1) is 8.47. The molecule has 0 unspecified atom stereocenters. The minimum absolute atomic E-state index is 0.163. The molecule has 0 radical (unpaired) electrons. The van der Waals surface area contributed by atoms with Crippen LogP contribution in [0.4, 0.5) is 13.2 Å². The van der Waals surface area contributed by atoms with Gasteiger partial charge in [-0.15, -0.1) is 0 Å². The Balaban J connectivity index is 2.28. The van der Waals surface area contributed by atoms with Crippen LogP contribution in [-0.2, 0) is 6.18 Å². The van der Waals surface area contributed by atoms with E-state index in [1.807, 2.05) is 0 Å². The van der Waals surface area contributed by atoms with Gasteiger partial charge in [-0.25, -0.2) is 4.98 Å². The van der Waals surface area contributed by atoms with Crippen molar-refractivity contribution in [3.05, 3.63) is 46.8 Å². The zero-order valence-corrected chi connectivity index (χ0v) is 10.4. The van der Waals surface area contributed by atoms with Gasteiger partial charge in [-0.2, -0.15) is 18.2 Å². The van der Waals surface area contributed by atoms with Crippen LogP contribution in [-0.4, -0.2) is 9.97 Å². The summed E-state index contributed by atoms with van der Waals surface area (Å²) >= 11 is 3.22. The number of ether oxygens (including phenoxy) is 1. The largest absolute Gasteiger partial charge is 0.451 e. The van der Waals surface area contributed by atoms with Gasteiger partial charge in [0.2, 0.25) is 11.7 Å². The molecule has 94 valence electrons. The van der Waals surface area contributed by atoms with E-state index in [0.29, 0.717) is 10.2 Å². The van der Waals surface area contributed by atoms with Gasteiger partial charge in [-0.05, 0) is 28.1 Å². The summed E-state index contributed by atoms with van der Waals surface area (Å²) < 4.78 is 43.1. The summed E-state index contributed by atoms with van der Waals surface area (Å²) in [6.45, 7) is 0. The van der Waals surface area contributed by atoms with Crippen molar-refractivity contribution < 1.29 is 17.9 Å². The van der Waals surface area contributed by atoms with Gasteiger partial charge in [0.15, 0.2) is 0 Å². The van der Waals surface area contributed by atoms with Crippen LogP contribution in [0, 0.1) is 0 Å². The predicted octanol–water partition coefficient (Wildman–Crippen LogP) is 4.05. The van der Waals surface area contributed by atoms with E-state index >= 15 is 0 Å². The molecule has 7 heteroatoms. The Morgan fingerprint density at radius 1 is 1.11 bits per heavy atom. The zero-order valence-electron chi connectivity index (χ0n) is 8.78. The molecule has 0 fully saturated rings. The van der Waals surface area contributed by atoms with Gasteiger partial charge in [-0.1, -0.05) is 12.1 Å². The molecule has 0 aliphatic carbocycles. The van der Waals surface area contributed by atoms with Gasteiger partial charge in [0.1, 0.15) is 5.75 Å². The smallest absolute Gasteiger partial charge is 0.438 e. The van der Waals surface area contributed by atoms with Crippen molar-refractivity contribution >= 4 is 15.9 Å². The lowest BCUT2D eigenvalue weighted by atomic mass is 10.3. The molecule has 1 aromatic carbocycles. The molecule has 0 amide bonds. The van der Waals surface area contributed by atoms with Crippen molar-refractivity contribution in [3.63, 3.8) is 0 Å². The monoisotopic (exact) mass is 318 g/mol. The number of hydrogen-bond donors (Lipinski definition) is 0. The number of hydrogen-bond acceptors (Lipinski definition) is 3. The Morgan fingerprint density at radius 3 is 2.50 bits per heavy atom. The molecule has 18 heavy (non-hydrogen) atoms. The Kier molecular flexibility index (Phi) is 3.51. The Bertz CT molecular complexity index is 560. The predicted molar refractivity (Wildman–Crippen MR) is 61.3 cm³/mol. The molecule has 0 atom stereocenters. The van der Waals surface area contributed by atoms with E-state index in [4.69, 9.17) is 4.74 Å². The van der Waals surface area contributed by atoms with Gasteiger partial charge < -0.3 is 4.74 Å². The second kappa shape index (κ2) is 4.93. The lowest BCUT2D eigenvalue weighted by molar-refractivity contribution is -0.145. The van der Waals surface area contributed by atoms with Crippen LogP contribution >= 0.6 is 15.9 Å². The fourth-order valence-electron chi connectivity index (χ4n) is 1.18. The molecule has 3 nitrogen and oxygen atoms in total. The lowest BCUT2D eigenvalue weighted by Gasteiger charge is -2.08. The van der Waals surface area contributed by atoms with Crippen LogP contribution in [0.1, 0.15) is 5.82 Å². The first-order valence-electron chi connectivity index (χ1n) is 4.79. The van der Waals surface area contributed by atoms with Crippen molar-refractivity contribution in [1.82, 2.24) is 9.97 Å². The third kappa shape index (κ3) is 2.98. The van der Waals surface area contributed by atoms with Crippen molar-refractivity contribution in [2.24, 2.45) is 0 Å². The fraction of sp³-hybridized carbons (Fsp3) is 0.0909. The first-order valence-corrected chi connectivity index (χ1v) is 5.59. The van der Waals surface area contributed by atoms with E-state index in [1.165, 1.54) is 6.07 Å². The topological polar surface area (TPSA) is 35.0 Å². The van der Waals surface area contributed by atoms with E-state index in [9.17, 15) is 13.2 Å². The summed E-state index contributed by atoms with van der Waals surface area (Å²) in [6, 6.07) is 8.04. The van der Waals surface area contributed by atoms with Crippen molar-refractivity contribution in [2.75, 3.05) is 0 Å². The molecule has 0 bridgehead atoms. The molecule has 1 heterocycles. The average molecular weight is 319 g/mol. The van der Waals surface area contributed by atoms with E-state index in [2.05, 4.69) is 25.9 Å². The molecule has 2 rings (SSSR count). The average Bonchev–Trinajstić information content (AvgIpc) is 2.31. The third-order valence-electron chi connectivity index (χ3n) is 1.93. The molecule has 0 spiro atoms. The summed E-state index contributed by atoms with van der Waals surface area (Å²) in [6.07, 6.45) is -3.59. The Morgan fingerprint density at radius 2 is 1.83 bits per heavy atom. The quantitative estimate of drug-likeness (QED) is 0.837. The minimum atomic E-state index is -4.59. The number of aromatic nitrogens is 2. The van der Waals surface area contributed by atoms with Gasteiger partial charge in [0.05, 0.1) is 4.47 Å². The molecular weight excluding hydrogens is 313 g/mol. The van der Waals surface area contributed by atoms with Crippen molar-refractivity contribution in [2.45, 2.75) is 6.18 Å². The van der Waals surface area contributed by atoms with Gasteiger partial charge >= 0.3 is 6.18 Å².